The third-order valence-corrected chi connectivity index (χ3v) is 4.66. The maximum Gasteiger partial charge on any atom is 0.335 e. The van der Waals surface area contributed by atoms with Crippen molar-refractivity contribution < 1.29 is 19.4 Å². The zero-order chi connectivity index (χ0) is 16.6. The Balaban J connectivity index is 1.63. The van der Waals surface area contributed by atoms with Crippen molar-refractivity contribution in [2.24, 2.45) is 0 Å². The minimum atomic E-state index is -0.922. The van der Waals surface area contributed by atoms with Crippen LogP contribution in [0.25, 0.3) is 11.1 Å². The summed E-state index contributed by atoms with van der Waals surface area (Å²) >= 11 is 0. The van der Waals surface area contributed by atoms with Gasteiger partial charge in [-0.25, -0.2) is 4.79 Å². The molecule has 0 unspecified atom stereocenters. The lowest BCUT2D eigenvalue weighted by Gasteiger charge is -2.41. The van der Waals surface area contributed by atoms with Crippen LogP contribution in [-0.4, -0.2) is 30.0 Å². The monoisotopic (exact) mass is 325 g/mol. The second-order valence-corrected chi connectivity index (χ2v) is 6.26. The number of carbonyl (C=O) groups is 1. The lowest BCUT2D eigenvalue weighted by Crippen LogP contribution is -2.49. The minimum absolute atomic E-state index is 0.284. The SMILES string of the molecule is O=C(O)c1cccc(-c2ccc3c(c2)COC2(CCNCC2)O3)c1. The van der Waals surface area contributed by atoms with E-state index in [2.05, 4.69) is 5.32 Å². The first kappa shape index (κ1) is 15.2. The normalized spacial score (nSPS) is 18.7. The highest BCUT2D eigenvalue weighted by Gasteiger charge is 2.38. The van der Waals surface area contributed by atoms with E-state index in [1.165, 1.54) is 0 Å². The number of hydrogen-bond donors (Lipinski definition) is 2. The molecule has 5 nitrogen and oxygen atoms in total. The Bertz CT molecular complexity index is 781. The fraction of sp³-hybridized carbons (Fsp3) is 0.316. The topological polar surface area (TPSA) is 67.8 Å². The van der Waals surface area contributed by atoms with Crippen LogP contribution < -0.4 is 10.1 Å². The van der Waals surface area contributed by atoms with Gasteiger partial charge in [-0.3, -0.25) is 0 Å². The Morgan fingerprint density at radius 2 is 1.88 bits per heavy atom. The number of carboxylic acids is 1. The second-order valence-electron chi connectivity index (χ2n) is 6.26. The van der Waals surface area contributed by atoms with Gasteiger partial charge in [-0.05, 0) is 35.4 Å². The highest BCUT2D eigenvalue weighted by atomic mass is 16.7. The number of hydrogen-bond acceptors (Lipinski definition) is 4. The molecule has 24 heavy (non-hydrogen) atoms. The molecule has 2 N–H and O–H groups in total. The van der Waals surface area contributed by atoms with Crippen molar-refractivity contribution in [3.8, 4) is 16.9 Å². The molecule has 2 aromatic rings. The molecule has 5 heteroatoms. The average molecular weight is 325 g/mol. The summed E-state index contributed by atoms with van der Waals surface area (Å²) in [5.74, 6) is -0.557. The molecular weight excluding hydrogens is 306 g/mol. The van der Waals surface area contributed by atoms with E-state index in [4.69, 9.17) is 14.6 Å². The molecule has 0 atom stereocenters. The van der Waals surface area contributed by atoms with Crippen LogP contribution >= 0.6 is 0 Å². The number of fused-ring (bicyclic) bond motifs is 1. The van der Waals surface area contributed by atoms with Crippen LogP contribution in [-0.2, 0) is 11.3 Å². The molecule has 0 saturated carbocycles. The molecule has 0 bridgehead atoms. The molecule has 2 heterocycles. The van der Waals surface area contributed by atoms with E-state index in [-0.39, 0.29) is 5.56 Å². The van der Waals surface area contributed by atoms with E-state index in [1.54, 1.807) is 18.2 Å². The number of piperidine rings is 1. The fourth-order valence-electron chi connectivity index (χ4n) is 3.30. The maximum atomic E-state index is 11.1. The quantitative estimate of drug-likeness (QED) is 0.888. The molecule has 2 aliphatic heterocycles. The van der Waals surface area contributed by atoms with Gasteiger partial charge < -0.3 is 19.9 Å². The Labute approximate surface area is 140 Å². The highest BCUT2D eigenvalue weighted by molar-refractivity contribution is 5.89. The van der Waals surface area contributed by atoms with E-state index >= 15 is 0 Å². The van der Waals surface area contributed by atoms with Crippen LogP contribution in [0, 0.1) is 0 Å². The number of rotatable bonds is 2. The molecule has 0 amide bonds. The molecule has 0 radical (unpaired) electrons. The van der Waals surface area contributed by atoms with Crippen molar-refractivity contribution >= 4 is 5.97 Å². The maximum absolute atomic E-state index is 11.1. The first-order chi connectivity index (χ1) is 11.7. The van der Waals surface area contributed by atoms with E-state index in [0.29, 0.717) is 6.61 Å². The molecule has 1 fully saturated rings. The molecule has 124 valence electrons. The summed E-state index contributed by atoms with van der Waals surface area (Å²) in [7, 11) is 0. The van der Waals surface area contributed by atoms with Crippen molar-refractivity contribution in [2.75, 3.05) is 13.1 Å². The number of nitrogens with one attached hydrogen (secondary N) is 1. The third kappa shape index (κ3) is 2.77. The third-order valence-electron chi connectivity index (χ3n) is 4.66. The van der Waals surface area contributed by atoms with Crippen molar-refractivity contribution in [2.45, 2.75) is 25.2 Å². The van der Waals surface area contributed by atoms with Gasteiger partial charge in [0.15, 0.2) is 0 Å². The fourth-order valence-corrected chi connectivity index (χ4v) is 3.30. The van der Waals surface area contributed by atoms with E-state index in [0.717, 1.165) is 48.4 Å². The summed E-state index contributed by atoms with van der Waals surface area (Å²) in [6, 6.07) is 12.9. The van der Waals surface area contributed by atoms with Crippen LogP contribution in [0.3, 0.4) is 0 Å². The Hall–Kier alpha value is -2.37. The zero-order valence-corrected chi connectivity index (χ0v) is 13.2. The first-order valence-electron chi connectivity index (χ1n) is 8.16. The Morgan fingerprint density at radius 3 is 2.67 bits per heavy atom. The second kappa shape index (κ2) is 5.92. The van der Waals surface area contributed by atoms with Gasteiger partial charge in [0.05, 0.1) is 12.2 Å². The molecule has 1 saturated heterocycles. The largest absolute Gasteiger partial charge is 0.478 e. The van der Waals surface area contributed by atoms with Gasteiger partial charge >= 0.3 is 5.97 Å². The summed E-state index contributed by atoms with van der Waals surface area (Å²) in [5.41, 5.74) is 3.12. The molecule has 0 aromatic heterocycles. The number of benzene rings is 2. The van der Waals surface area contributed by atoms with Crippen LogP contribution in [0.4, 0.5) is 0 Å². The number of aromatic carboxylic acids is 1. The highest BCUT2D eigenvalue weighted by Crippen LogP contribution is 2.38. The Kier molecular flexibility index (Phi) is 3.75. The van der Waals surface area contributed by atoms with Crippen molar-refractivity contribution in [3.05, 3.63) is 53.6 Å². The van der Waals surface area contributed by atoms with Crippen molar-refractivity contribution in [1.82, 2.24) is 5.32 Å². The van der Waals surface area contributed by atoms with Gasteiger partial charge in [-0.15, -0.1) is 0 Å². The van der Waals surface area contributed by atoms with Gasteiger partial charge in [-0.2, -0.15) is 0 Å². The number of carboxylic acid groups (broad SMARTS) is 1. The average Bonchev–Trinajstić information content (AvgIpc) is 2.62. The summed E-state index contributed by atoms with van der Waals surface area (Å²) < 4.78 is 12.2. The molecule has 1 spiro atoms. The van der Waals surface area contributed by atoms with Gasteiger partial charge in [-0.1, -0.05) is 18.2 Å². The van der Waals surface area contributed by atoms with Crippen LogP contribution in [0.1, 0.15) is 28.8 Å². The lowest BCUT2D eigenvalue weighted by atomic mass is 9.99. The summed E-state index contributed by atoms with van der Waals surface area (Å²) in [6.07, 6.45) is 1.68. The van der Waals surface area contributed by atoms with E-state index < -0.39 is 11.8 Å². The summed E-state index contributed by atoms with van der Waals surface area (Å²) in [6.45, 7) is 2.31. The zero-order valence-electron chi connectivity index (χ0n) is 13.2. The molecule has 2 aromatic carbocycles. The number of ether oxygens (including phenoxy) is 2. The predicted octanol–water partition coefficient (Wildman–Crippen LogP) is 3.04. The van der Waals surface area contributed by atoms with Gasteiger partial charge in [0.1, 0.15) is 5.75 Å². The van der Waals surface area contributed by atoms with Crippen LogP contribution in [0.5, 0.6) is 5.75 Å². The minimum Gasteiger partial charge on any atom is -0.478 e. The van der Waals surface area contributed by atoms with E-state index in [9.17, 15) is 4.79 Å². The van der Waals surface area contributed by atoms with Crippen LogP contribution in [0.15, 0.2) is 42.5 Å². The first-order valence-corrected chi connectivity index (χ1v) is 8.16. The van der Waals surface area contributed by atoms with E-state index in [1.807, 2.05) is 24.3 Å². The summed E-state index contributed by atoms with van der Waals surface area (Å²) in [5, 5.41) is 12.5. The van der Waals surface area contributed by atoms with Gasteiger partial charge in [0, 0.05) is 31.5 Å². The lowest BCUT2D eigenvalue weighted by molar-refractivity contribution is -0.218. The molecule has 4 rings (SSSR count). The van der Waals surface area contributed by atoms with Crippen molar-refractivity contribution in [3.63, 3.8) is 0 Å². The van der Waals surface area contributed by atoms with Gasteiger partial charge in [0.2, 0.25) is 5.79 Å². The Morgan fingerprint density at radius 1 is 1.08 bits per heavy atom. The standard InChI is InChI=1S/C19H19NO4/c21-18(22)15-3-1-2-13(10-15)14-4-5-17-16(11-14)12-23-19(24-17)6-8-20-9-7-19/h1-5,10-11,20H,6-9,12H2,(H,21,22). The van der Waals surface area contributed by atoms with Gasteiger partial charge in [0.25, 0.3) is 0 Å². The molecular formula is C19H19NO4. The van der Waals surface area contributed by atoms with Crippen molar-refractivity contribution in [1.29, 1.82) is 0 Å². The molecule has 0 aliphatic carbocycles. The smallest absolute Gasteiger partial charge is 0.335 e. The summed E-state index contributed by atoms with van der Waals surface area (Å²) in [4.78, 5) is 11.1. The predicted molar refractivity (Wildman–Crippen MR) is 89.1 cm³/mol. The molecule has 2 aliphatic rings. The van der Waals surface area contributed by atoms with Crippen LogP contribution in [0.2, 0.25) is 0 Å².